The molecule has 0 spiro atoms. The first-order valence-electron chi connectivity index (χ1n) is 3.16. The van der Waals surface area contributed by atoms with Crippen molar-refractivity contribution in [2.45, 2.75) is 39.1 Å². The number of hydrogen-bond acceptors (Lipinski definition) is 3. The fourth-order valence-corrected chi connectivity index (χ4v) is 0.552. The minimum Gasteiger partial charge on any atom is -0.379 e. The Balaban J connectivity index is 3.58. The van der Waals surface area contributed by atoms with Crippen molar-refractivity contribution in [3.63, 3.8) is 0 Å². The van der Waals surface area contributed by atoms with Gasteiger partial charge in [-0.05, 0) is 20.3 Å². The predicted molar refractivity (Wildman–Crippen MR) is 35.7 cm³/mol. The fraction of sp³-hybridized carbons (Fsp3) is 1.00. The molecule has 0 saturated heterocycles. The Morgan fingerprint density at radius 3 is 2.22 bits per heavy atom. The first-order valence-corrected chi connectivity index (χ1v) is 3.16. The van der Waals surface area contributed by atoms with Crippen LogP contribution in [0.1, 0.15) is 27.2 Å². The minimum absolute atomic E-state index is 0.581. The average molecular weight is 133 g/mol. The maximum Gasteiger partial charge on any atom is 0.114 e. The normalized spacial score (nSPS) is 21.0. The Hall–Kier alpha value is -0.120. The topological polar surface area (TPSA) is 52.5 Å². The van der Waals surface area contributed by atoms with E-state index < -0.39 is 12.0 Å². The molecule has 0 amide bonds. The van der Waals surface area contributed by atoms with Crippen LogP contribution in [-0.2, 0) is 0 Å². The Morgan fingerprint density at radius 2 is 2.11 bits per heavy atom. The zero-order valence-corrected chi connectivity index (χ0v) is 6.18. The molecule has 0 fully saturated rings. The standard InChI is InChI=1S/C6H15NO2/c1-4-6(3,9)7-5(2)8/h5,7-9H,4H2,1-3H3. The lowest BCUT2D eigenvalue weighted by molar-refractivity contribution is -0.0294. The van der Waals surface area contributed by atoms with Crippen LogP contribution in [0.3, 0.4) is 0 Å². The summed E-state index contributed by atoms with van der Waals surface area (Å²) in [6, 6.07) is 0. The van der Waals surface area contributed by atoms with Crippen molar-refractivity contribution in [3.05, 3.63) is 0 Å². The van der Waals surface area contributed by atoms with Crippen molar-refractivity contribution in [1.82, 2.24) is 5.32 Å². The summed E-state index contributed by atoms with van der Waals surface area (Å²) in [6.07, 6.45) is -0.0716. The molecule has 0 saturated carbocycles. The summed E-state index contributed by atoms with van der Waals surface area (Å²) in [6.45, 7) is 5.04. The van der Waals surface area contributed by atoms with Gasteiger partial charge in [-0.1, -0.05) is 6.92 Å². The molecule has 3 N–H and O–H groups in total. The molecule has 0 aliphatic carbocycles. The molecule has 3 nitrogen and oxygen atoms in total. The third kappa shape index (κ3) is 4.39. The number of aliphatic hydroxyl groups excluding tert-OH is 1. The van der Waals surface area contributed by atoms with Crippen molar-refractivity contribution in [2.75, 3.05) is 0 Å². The van der Waals surface area contributed by atoms with E-state index >= 15 is 0 Å². The van der Waals surface area contributed by atoms with Gasteiger partial charge in [0.15, 0.2) is 0 Å². The molecule has 0 aromatic rings. The van der Waals surface area contributed by atoms with Crippen LogP contribution in [0.5, 0.6) is 0 Å². The highest BCUT2D eigenvalue weighted by Crippen LogP contribution is 2.03. The van der Waals surface area contributed by atoms with Gasteiger partial charge in [0.05, 0.1) is 0 Å². The summed E-state index contributed by atoms with van der Waals surface area (Å²) >= 11 is 0. The third-order valence-electron chi connectivity index (χ3n) is 1.21. The second-order valence-corrected chi connectivity index (χ2v) is 2.45. The smallest absolute Gasteiger partial charge is 0.114 e. The summed E-state index contributed by atoms with van der Waals surface area (Å²) < 4.78 is 0. The number of aliphatic hydroxyl groups is 2. The molecule has 2 unspecified atom stereocenters. The van der Waals surface area contributed by atoms with Gasteiger partial charge in [0.2, 0.25) is 0 Å². The molecule has 0 aliphatic rings. The van der Waals surface area contributed by atoms with Crippen LogP contribution in [0.2, 0.25) is 0 Å². The van der Waals surface area contributed by atoms with E-state index in [4.69, 9.17) is 5.11 Å². The molecule has 9 heavy (non-hydrogen) atoms. The first-order chi connectivity index (χ1) is 3.98. The van der Waals surface area contributed by atoms with E-state index in [9.17, 15) is 5.11 Å². The van der Waals surface area contributed by atoms with Gasteiger partial charge in [0.1, 0.15) is 12.0 Å². The lowest BCUT2D eigenvalue weighted by atomic mass is 10.2. The highest BCUT2D eigenvalue weighted by Gasteiger charge is 2.17. The molecule has 0 radical (unpaired) electrons. The highest BCUT2D eigenvalue weighted by atomic mass is 16.3. The largest absolute Gasteiger partial charge is 0.379 e. The molecule has 0 aromatic heterocycles. The SMILES string of the molecule is CCC(C)(O)NC(C)O. The summed E-state index contributed by atoms with van der Waals surface area (Å²) in [5.74, 6) is 0. The van der Waals surface area contributed by atoms with Gasteiger partial charge in [-0.15, -0.1) is 0 Å². The van der Waals surface area contributed by atoms with Crippen LogP contribution in [0.15, 0.2) is 0 Å². The van der Waals surface area contributed by atoms with Crippen LogP contribution in [0, 0.1) is 0 Å². The van der Waals surface area contributed by atoms with Crippen molar-refractivity contribution >= 4 is 0 Å². The van der Waals surface area contributed by atoms with Crippen molar-refractivity contribution in [1.29, 1.82) is 0 Å². The van der Waals surface area contributed by atoms with Gasteiger partial charge in [-0.3, -0.25) is 5.32 Å². The molecular weight excluding hydrogens is 118 g/mol. The Labute approximate surface area is 55.7 Å². The second kappa shape index (κ2) is 3.15. The molecular formula is C6H15NO2. The molecule has 56 valence electrons. The molecule has 0 rings (SSSR count). The zero-order chi connectivity index (χ0) is 7.49. The monoisotopic (exact) mass is 133 g/mol. The van der Waals surface area contributed by atoms with Crippen LogP contribution in [0.4, 0.5) is 0 Å². The van der Waals surface area contributed by atoms with E-state index in [1.165, 1.54) is 0 Å². The molecule has 2 atom stereocenters. The average Bonchev–Trinajstić information content (AvgIpc) is 1.63. The van der Waals surface area contributed by atoms with Gasteiger partial charge in [-0.25, -0.2) is 0 Å². The van der Waals surface area contributed by atoms with Crippen molar-refractivity contribution in [3.8, 4) is 0 Å². The Morgan fingerprint density at radius 1 is 1.67 bits per heavy atom. The van der Waals surface area contributed by atoms with Crippen LogP contribution in [0.25, 0.3) is 0 Å². The molecule has 0 aromatic carbocycles. The van der Waals surface area contributed by atoms with E-state index in [0.29, 0.717) is 6.42 Å². The number of hydrogen-bond donors (Lipinski definition) is 3. The quantitative estimate of drug-likeness (QED) is 0.476. The van der Waals surface area contributed by atoms with Crippen LogP contribution >= 0.6 is 0 Å². The number of rotatable bonds is 3. The lowest BCUT2D eigenvalue weighted by Gasteiger charge is -2.24. The first kappa shape index (κ1) is 8.88. The number of nitrogens with one attached hydrogen (secondary N) is 1. The zero-order valence-electron chi connectivity index (χ0n) is 6.18. The highest BCUT2D eigenvalue weighted by molar-refractivity contribution is 4.66. The summed E-state index contributed by atoms with van der Waals surface area (Å²) in [7, 11) is 0. The maximum absolute atomic E-state index is 9.22. The van der Waals surface area contributed by atoms with Crippen LogP contribution < -0.4 is 5.32 Å². The van der Waals surface area contributed by atoms with Crippen molar-refractivity contribution in [2.24, 2.45) is 0 Å². The van der Waals surface area contributed by atoms with E-state index in [1.807, 2.05) is 6.92 Å². The molecule has 0 heterocycles. The van der Waals surface area contributed by atoms with E-state index in [-0.39, 0.29) is 0 Å². The Kier molecular flexibility index (Phi) is 3.11. The van der Waals surface area contributed by atoms with Crippen LogP contribution in [-0.4, -0.2) is 22.2 Å². The summed E-state index contributed by atoms with van der Waals surface area (Å²) in [5.41, 5.74) is -0.936. The van der Waals surface area contributed by atoms with Gasteiger partial charge in [0.25, 0.3) is 0 Å². The lowest BCUT2D eigenvalue weighted by Crippen LogP contribution is -2.46. The molecule has 0 aliphatic heterocycles. The van der Waals surface area contributed by atoms with E-state index in [0.717, 1.165) is 0 Å². The molecule has 0 bridgehead atoms. The van der Waals surface area contributed by atoms with Gasteiger partial charge >= 0.3 is 0 Å². The maximum atomic E-state index is 9.22. The van der Waals surface area contributed by atoms with Gasteiger partial charge in [0, 0.05) is 0 Å². The summed E-state index contributed by atoms with van der Waals surface area (Å²) in [5, 5.41) is 20.6. The van der Waals surface area contributed by atoms with E-state index in [1.54, 1.807) is 13.8 Å². The van der Waals surface area contributed by atoms with Gasteiger partial charge < -0.3 is 10.2 Å². The fourth-order valence-electron chi connectivity index (χ4n) is 0.552. The molecule has 3 heteroatoms. The van der Waals surface area contributed by atoms with Gasteiger partial charge in [-0.2, -0.15) is 0 Å². The minimum atomic E-state index is -0.936. The second-order valence-electron chi connectivity index (χ2n) is 2.45. The predicted octanol–water partition coefficient (Wildman–Crippen LogP) is 0.0328. The Bertz CT molecular complexity index is 81.1. The van der Waals surface area contributed by atoms with E-state index in [2.05, 4.69) is 5.32 Å². The third-order valence-corrected chi connectivity index (χ3v) is 1.21. The summed E-state index contributed by atoms with van der Waals surface area (Å²) in [4.78, 5) is 0. The van der Waals surface area contributed by atoms with Crippen molar-refractivity contribution < 1.29 is 10.2 Å².